The van der Waals surface area contributed by atoms with Gasteiger partial charge in [-0.1, -0.05) is 36.4 Å². The predicted molar refractivity (Wildman–Crippen MR) is 132 cm³/mol. The summed E-state index contributed by atoms with van der Waals surface area (Å²) in [7, 11) is 3.54. The molecule has 0 spiro atoms. The molecule has 0 saturated carbocycles. The zero-order valence-electron chi connectivity index (χ0n) is 19.8. The van der Waals surface area contributed by atoms with Crippen molar-refractivity contribution < 1.29 is 14.4 Å². The topological polar surface area (TPSA) is 97.9 Å². The monoisotopic (exact) mass is 469 g/mol. The first kappa shape index (κ1) is 25.4. The maximum absolute atomic E-state index is 13.4. The minimum atomic E-state index is -0.452. The first-order chi connectivity index (χ1) is 16.8. The number of nitrogens with one attached hydrogen (secondary N) is 1. The van der Waals surface area contributed by atoms with Crippen molar-refractivity contribution >= 4 is 29.4 Å². The molecule has 0 radical (unpaired) electrons. The molecule has 1 heterocycles. The van der Waals surface area contributed by atoms with Crippen LogP contribution in [0.5, 0.6) is 0 Å². The summed E-state index contributed by atoms with van der Waals surface area (Å²) in [6.07, 6.45) is 2.18. The van der Waals surface area contributed by atoms with E-state index >= 15 is 0 Å². The Morgan fingerprint density at radius 2 is 1.89 bits per heavy atom. The van der Waals surface area contributed by atoms with Gasteiger partial charge in [0, 0.05) is 24.6 Å². The van der Waals surface area contributed by atoms with Crippen molar-refractivity contribution in [2.45, 2.75) is 6.42 Å². The summed E-state index contributed by atoms with van der Waals surface area (Å²) in [6, 6.07) is 16.0. The number of amides is 2. The number of hydrogen-bond donors (Lipinski definition) is 1. The third kappa shape index (κ3) is 7.10. The van der Waals surface area contributed by atoms with E-state index in [1.165, 1.54) is 0 Å². The van der Waals surface area contributed by atoms with E-state index in [9.17, 15) is 14.4 Å². The number of likely N-dealkylation sites (N-methyl/N-ethyl adjacent to an activating group) is 1. The van der Waals surface area contributed by atoms with Crippen molar-refractivity contribution in [3.63, 3.8) is 0 Å². The van der Waals surface area contributed by atoms with Gasteiger partial charge < -0.3 is 15.1 Å². The fraction of sp³-hybridized carbons (Fsp3) is 0.296. The van der Waals surface area contributed by atoms with Crippen LogP contribution in [0.1, 0.15) is 16.7 Å². The van der Waals surface area contributed by atoms with Gasteiger partial charge in [0.2, 0.25) is 11.8 Å². The molecule has 1 aliphatic rings. The lowest BCUT2D eigenvalue weighted by Gasteiger charge is -2.34. The van der Waals surface area contributed by atoms with E-state index in [1.807, 2.05) is 12.1 Å². The van der Waals surface area contributed by atoms with Crippen LogP contribution in [0, 0.1) is 23.8 Å². The molecule has 2 aromatic carbocycles. The average molecular weight is 470 g/mol. The molecule has 8 nitrogen and oxygen atoms in total. The van der Waals surface area contributed by atoms with Crippen molar-refractivity contribution in [1.82, 2.24) is 15.1 Å². The second-order valence-electron chi connectivity index (χ2n) is 8.74. The Morgan fingerprint density at radius 1 is 1.20 bits per heavy atom. The number of benzene rings is 2. The molecule has 0 aliphatic carbocycles. The Bertz CT molecular complexity index is 1200. The molecular weight excluding hydrogens is 442 g/mol. The Kier molecular flexibility index (Phi) is 8.50. The molecule has 1 fully saturated rings. The Balaban J connectivity index is 1.82. The summed E-state index contributed by atoms with van der Waals surface area (Å²) < 4.78 is 0. The number of carbonyl (C=O) groups excluding carboxylic acids is 3. The molecule has 1 atom stereocenters. The van der Waals surface area contributed by atoms with Crippen molar-refractivity contribution in [1.29, 1.82) is 5.26 Å². The molecule has 1 saturated heterocycles. The fourth-order valence-corrected chi connectivity index (χ4v) is 3.90. The lowest BCUT2D eigenvalue weighted by Crippen LogP contribution is -2.49. The van der Waals surface area contributed by atoms with Crippen molar-refractivity contribution in [3.8, 4) is 6.07 Å². The van der Waals surface area contributed by atoms with Crippen molar-refractivity contribution in [3.05, 3.63) is 82.2 Å². The molecule has 35 heavy (non-hydrogen) atoms. The third-order valence-electron chi connectivity index (χ3n) is 5.67. The normalized spacial score (nSPS) is 16.6. The van der Waals surface area contributed by atoms with Gasteiger partial charge >= 0.3 is 0 Å². The van der Waals surface area contributed by atoms with Crippen LogP contribution >= 0.6 is 0 Å². The Hall–Kier alpha value is -4.27. The highest BCUT2D eigenvalue weighted by Crippen LogP contribution is 2.24. The molecule has 1 unspecified atom stereocenters. The molecule has 1 aliphatic heterocycles. The van der Waals surface area contributed by atoms with E-state index < -0.39 is 5.92 Å². The predicted octanol–water partition coefficient (Wildman–Crippen LogP) is 2.44. The third-order valence-corrected chi connectivity index (χ3v) is 5.67. The SMILES string of the molecule is [C-]#[N+]c1ccc(/C=C2\CN(C(=O)CNC(=O)CN(C)C)CC(Cc3ccc(C#N)cc3)C2=O)cc1. The standard InChI is InChI=1S/C27H27N5O3/c1-29-24-10-8-20(9-11-24)13-23-17-32(26(34)15-30-25(33)18-31(2)3)16-22(27(23)35)12-19-4-6-21(14-28)7-5-19/h4-11,13,22H,12,15-18H2,2-3H3,(H,30,33)/b23-13+. The van der Waals surface area contributed by atoms with E-state index in [2.05, 4.69) is 16.2 Å². The van der Waals surface area contributed by atoms with Gasteiger partial charge in [-0.3, -0.25) is 14.4 Å². The summed E-state index contributed by atoms with van der Waals surface area (Å²) in [4.78, 5) is 45.0. The highest BCUT2D eigenvalue weighted by atomic mass is 16.2. The molecule has 178 valence electrons. The molecule has 2 amide bonds. The van der Waals surface area contributed by atoms with E-state index in [-0.39, 0.29) is 43.8 Å². The quantitative estimate of drug-likeness (QED) is 0.496. The van der Waals surface area contributed by atoms with Crippen LogP contribution < -0.4 is 5.32 Å². The first-order valence-corrected chi connectivity index (χ1v) is 11.2. The molecule has 3 rings (SSSR count). The van der Waals surface area contributed by atoms with Gasteiger partial charge in [0.15, 0.2) is 11.5 Å². The van der Waals surface area contributed by atoms with Crippen molar-refractivity contribution in [2.75, 3.05) is 40.3 Å². The fourth-order valence-electron chi connectivity index (χ4n) is 3.90. The van der Waals surface area contributed by atoms with E-state index in [4.69, 9.17) is 11.8 Å². The molecular formula is C27H27N5O3. The van der Waals surface area contributed by atoms with Crippen LogP contribution in [-0.4, -0.2) is 67.7 Å². The van der Waals surface area contributed by atoms with Gasteiger partial charge in [-0.05, 0) is 49.9 Å². The maximum Gasteiger partial charge on any atom is 0.242 e. The van der Waals surface area contributed by atoms with Gasteiger partial charge in [0.05, 0.1) is 31.3 Å². The zero-order chi connectivity index (χ0) is 25.4. The largest absolute Gasteiger partial charge is 0.346 e. The minimum absolute atomic E-state index is 0.0377. The highest BCUT2D eigenvalue weighted by molar-refractivity contribution is 6.03. The summed E-state index contributed by atoms with van der Waals surface area (Å²) in [5, 5.41) is 11.7. The molecule has 0 bridgehead atoms. The van der Waals surface area contributed by atoms with E-state index in [0.717, 1.165) is 11.1 Å². The first-order valence-electron chi connectivity index (χ1n) is 11.2. The van der Waals surface area contributed by atoms with Crippen LogP contribution in [0.25, 0.3) is 10.9 Å². The van der Waals surface area contributed by atoms with Gasteiger partial charge in [-0.2, -0.15) is 5.26 Å². The van der Waals surface area contributed by atoms with Crippen LogP contribution in [0.4, 0.5) is 5.69 Å². The van der Waals surface area contributed by atoms with Crippen LogP contribution in [0.15, 0.2) is 54.1 Å². The lowest BCUT2D eigenvalue weighted by molar-refractivity contribution is -0.135. The summed E-state index contributed by atoms with van der Waals surface area (Å²) >= 11 is 0. The minimum Gasteiger partial charge on any atom is -0.346 e. The van der Waals surface area contributed by atoms with Gasteiger partial charge in [0.25, 0.3) is 0 Å². The van der Waals surface area contributed by atoms with E-state index in [0.29, 0.717) is 23.2 Å². The van der Waals surface area contributed by atoms with Crippen molar-refractivity contribution in [2.24, 2.45) is 5.92 Å². The van der Waals surface area contributed by atoms with Gasteiger partial charge in [-0.15, -0.1) is 0 Å². The average Bonchev–Trinajstić information content (AvgIpc) is 2.85. The Labute approximate surface area is 205 Å². The lowest BCUT2D eigenvalue weighted by atomic mass is 9.86. The van der Waals surface area contributed by atoms with Crippen LogP contribution in [-0.2, 0) is 20.8 Å². The molecule has 8 heteroatoms. The smallest absolute Gasteiger partial charge is 0.242 e. The second-order valence-corrected chi connectivity index (χ2v) is 8.74. The van der Waals surface area contributed by atoms with Crippen LogP contribution in [0.3, 0.4) is 0 Å². The number of rotatable bonds is 7. The molecule has 0 aromatic heterocycles. The number of nitrogens with zero attached hydrogens (tertiary/aromatic N) is 4. The summed E-state index contributed by atoms with van der Waals surface area (Å²) in [6.45, 7) is 7.53. The van der Waals surface area contributed by atoms with E-state index in [1.54, 1.807) is 66.4 Å². The molecule has 2 aromatic rings. The number of nitriles is 1. The number of likely N-dealkylation sites (tertiary alicyclic amines) is 1. The Morgan fingerprint density at radius 3 is 2.49 bits per heavy atom. The number of ketones is 1. The number of Topliss-reactive ketones (excluding diaryl/α,β-unsaturated/α-hetero) is 1. The summed E-state index contributed by atoms with van der Waals surface area (Å²) in [5.74, 6) is -0.999. The number of hydrogen-bond acceptors (Lipinski definition) is 5. The van der Waals surface area contributed by atoms with Gasteiger partial charge in [0.1, 0.15) is 0 Å². The molecule has 1 N–H and O–H groups in total. The van der Waals surface area contributed by atoms with Crippen LogP contribution in [0.2, 0.25) is 0 Å². The second kappa shape index (κ2) is 11.7. The number of piperidine rings is 1. The summed E-state index contributed by atoms with van der Waals surface area (Å²) in [5.41, 5.74) is 3.21. The van der Waals surface area contributed by atoms with Gasteiger partial charge in [-0.25, -0.2) is 4.85 Å². The highest BCUT2D eigenvalue weighted by Gasteiger charge is 2.33. The zero-order valence-corrected chi connectivity index (χ0v) is 19.8. The maximum atomic E-state index is 13.4. The number of carbonyl (C=O) groups is 3.